The maximum absolute atomic E-state index is 13.3. The molecule has 0 saturated heterocycles. The second-order valence-electron chi connectivity index (χ2n) is 6.56. The van der Waals surface area contributed by atoms with Crippen molar-refractivity contribution in [3.63, 3.8) is 0 Å². The van der Waals surface area contributed by atoms with Gasteiger partial charge in [0.2, 0.25) is 0 Å². The molecule has 1 amide bonds. The van der Waals surface area contributed by atoms with Crippen LogP contribution in [0.2, 0.25) is 15.1 Å². The van der Waals surface area contributed by atoms with Crippen molar-refractivity contribution in [3.8, 4) is 11.3 Å². The van der Waals surface area contributed by atoms with Gasteiger partial charge in [-0.25, -0.2) is 4.98 Å². The van der Waals surface area contributed by atoms with E-state index in [9.17, 15) is 4.79 Å². The highest BCUT2D eigenvalue weighted by Crippen LogP contribution is 2.32. The number of aromatic nitrogens is 1. The number of fused-ring (bicyclic) bond motifs is 1. The highest BCUT2D eigenvalue weighted by atomic mass is 35.5. The molecule has 0 spiro atoms. The van der Waals surface area contributed by atoms with E-state index < -0.39 is 0 Å². The summed E-state index contributed by atoms with van der Waals surface area (Å²) in [4.78, 5) is 18.1. The molecular formula is C23H15Cl3N2O. The van der Waals surface area contributed by atoms with Crippen LogP contribution >= 0.6 is 34.8 Å². The van der Waals surface area contributed by atoms with Gasteiger partial charge in [-0.15, -0.1) is 0 Å². The molecule has 0 aliphatic heterocycles. The molecule has 0 atom stereocenters. The Balaban J connectivity index is 1.87. The van der Waals surface area contributed by atoms with Crippen LogP contribution in [0, 0.1) is 6.92 Å². The molecule has 3 aromatic carbocycles. The van der Waals surface area contributed by atoms with Crippen LogP contribution in [0.4, 0.5) is 5.69 Å². The zero-order chi connectivity index (χ0) is 20.5. The summed E-state index contributed by atoms with van der Waals surface area (Å²) in [6.07, 6.45) is 0. The van der Waals surface area contributed by atoms with Gasteiger partial charge in [0.25, 0.3) is 5.91 Å². The van der Waals surface area contributed by atoms with Crippen LogP contribution < -0.4 is 5.32 Å². The molecule has 1 heterocycles. The van der Waals surface area contributed by atoms with Crippen molar-refractivity contribution >= 4 is 57.3 Å². The summed E-state index contributed by atoms with van der Waals surface area (Å²) in [6.45, 7) is 1.89. The van der Waals surface area contributed by atoms with Crippen LogP contribution in [0.3, 0.4) is 0 Å². The molecule has 4 rings (SSSR count). The first-order valence-corrected chi connectivity index (χ1v) is 9.99. The monoisotopic (exact) mass is 440 g/mol. The van der Waals surface area contributed by atoms with Crippen LogP contribution in [-0.4, -0.2) is 10.9 Å². The smallest absolute Gasteiger partial charge is 0.256 e. The first kappa shape index (κ1) is 19.7. The lowest BCUT2D eigenvalue weighted by molar-refractivity contribution is 0.102. The topological polar surface area (TPSA) is 42.0 Å². The highest BCUT2D eigenvalue weighted by Gasteiger charge is 2.19. The van der Waals surface area contributed by atoms with Crippen molar-refractivity contribution in [2.45, 2.75) is 6.92 Å². The summed E-state index contributed by atoms with van der Waals surface area (Å²) in [5, 5.41) is 5.18. The van der Waals surface area contributed by atoms with Crippen molar-refractivity contribution in [1.29, 1.82) is 0 Å². The standard InChI is InChI=1S/C23H15Cl3N2O/c1-13-21(23(29)28-20-11-10-16(25)12-18(20)26)17-4-2-3-5-19(17)27-22(13)14-6-8-15(24)9-7-14/h2-12H,1H3,(H,28,29). The zero-order valence-electron chi connectivity index (χ0n) is 15.3. The van der Waals surface area contributed by atoms with Crippen LogP contribution in [0.15, 0.2) is 66.7 Å². The molecule has 6 heteroatoms. The lowest BCUT2D eigenvalue weighted by atomic mass is 9.97. The Morgan fingerprint density at radius 1 is 0.897 bits per heavy atom. The fraction of sp³-hybridized carbons (Fsp3) is 0.0435. The third-order valence-electron chi connectivity index (χ3n) is 4.66. The molecule has 144 valence electrons. The number of pyridine rings is 1. The second-order valence-corrected chi connectivity index (χ2v) is 7.84. The first-order chi connectivity index (χ1) is 13.9. The number of carbonyl (C=O) groups is 1. The molecule has 0 radical (unpaired) electrons. The Kier molecular flexibility index (Phi) is 5.46. The first-order valence-electron chi connectivity index (χ1n) is 8.86. The van der Waals surface area contributed by atoms with Crippen LogP contribution in [0.25, 0.3) is 22.2 Å². The summed E-state index contributed by atoms with van der Waals surface area (Å²) < 4.78 is 0. The van der Waals surface area contributed by atoms with E-state index >= 15 is 0 Å². The normalized spacial score (nSPS) is 10.9. The Hall–Kier alpha value is -2.59. The van der Waals surface area contributed by atoms with Gasteiger partial charge in [0.15, 0.2) is 0 Å². The fourth-order valence-corrected chi connectivity index (χ4v) is 3.85. The Morgan fingerprint density at radius 3 is 2.31 bits per heavy atom. The number of nitrogens with zero attached hydrogens (tertiary/aromatic N) is 1. The van der Waals surface area contributed by atoms with Gasteiger partial charge in [0.1, 0.15) is 0 Å². The number of para-hydroxylation sites is 1. The summed E-state index contributed by atoms with van der Waals surface area (Å²) >= 11 is 18.2. The van der Waals surface area contributed by atoms with Gasteiger partial charge < -0.3 is 5.32 Å². The Labute approximate surface area is 183 Å². The minimum Gasteiger partial charge on any atom is -0.321 e. The number of nitrogens with one attached hydrogen (secondary N) is 1. The molecule has 1 aromatic heterocycles. The SMILES string of the molecule is Cc1c(-c2ccc(Cl)cc2)nc2ccccc2c1C(=O)Nc1ccc(Cl)cc1Cl. The van der Waals surface area contributed by atoms with E-state index in [2.05, 4.69) is 5.32 Å². The van der Waals surface area contributed by atoms with Gasteiger partial charge >= 0.3 is 0 Å². The quantitative estimate of drug-likeness (QED) is 0.359. The predicted molar refractivity (Wildman–Crippen MR) is 121 cm³/mol. The lowest BCUT2D eigenvalue weighted by Gasteiger charge is -2.15. The van der Waals surface area contributed by atoms with Gasteiger partial charge in [0.05, 0.1) is 27.5 Å². The predicted octanol–water partition coefficient (Wildman–Crippen LogP) is 7.42. The van der Waals surface area contributed by atoms with Crippen molar-refractivity contribution < 1.29 is 4.79 Å². The molecule has 3 nitrogen and oxygen atoms in total. The maximum atomic E-state index is 13.3. The van der Waals surface area contributed by atoms with E-state index in [-0.39, 0.29) is 5.91 Å². The van der Waals surface area contributed by atoms with Gasteiger partial charge in [0, 0.05) is 21.0 Å². The van der Waals surface area contributed by atoms with Crippen molar-refractivity contribution in [3.05, 3.63) is 92.9 Å². The lowest BCUT2D eigenvalue weighted by Crippen LogP contribution is -2.15. The molecule has 0 bridgehead atoms. The molecule has 0 aliphatic rings. The number of hydrogen-bond donors (Lipinski definition) is 1. The maximum Gasteiger partial charge on any atom is 0.256 e. The molecule has 0 aliphatic carbocycles. The van der Waals surface area contributed by atoms with Crippen LogP contribution in [-0.2, 0) is 0 Å². The summed E-state index contributed by atoms with van der Waals surface area (Å²) in [7, 11) is 0. The fourth-order valence-electron chi connectivity index (χ4n) is 3.26. The van der Waals surface area contributed by atoms with Crippen molar-refractivity contribution in [1.82, 2.24) is 4.98 Å². The van der Waals surface area contributed by atoms with Crippen molar-refractivity contribution in [2.75, 3.05) is 5.32 Å². The molecule has 29 heavy (non-hydrogen) atoms. The van der Waals surface area contributed by atoms with Gasteiger partial charge in [-0.05, 0) is 48.9 Å². The minimum absolute atomic E-state index is 0.263. The molecule has 1 N–H and O–H groups in total. The van der Waals surface area contributed by atoms with Gasteiger partial charge in [-0.1, -0.05) is 65.1 Å². The number of carbonyl (C=O) groups excluding carboxylic acids is 1. The van der Waals surface area contributed by atoms with Gasteiger partial charge in [-0.2, -0.15) is 0 Å². The molecule has 0 saturated carbocycles. The number of amides is 1. The minimum atomic E-state index is -0.263. The Morgan fingerprint density at radius 2 is 1.59 bits per heavy atom. The molecular weight excluding hydrogens is 427 g/mol. The summed E-state index contributed by atoms with van der Waals surface area (Å²) in [5.74, 6) is -0.263. The average Bonchev–Trinajstić information content (AvgIpc) is 2.70. The number of anilines is 1. The zero-order valence-corrected chi connectivity index (χ0v) is 17.6. The summed E-state index contributed by atoms with van der Waals surface area (Å²) in [6, 6.07) is 19.9. The molecule has 0 fully saturated rings. The van der Waals surface area contributed by atoms with E-state index in [0.29, 0.717) is 26.3 Å². The van der Waals surface area contributed by atoms with E-state index in [0.717, 1.165) is 27.7 Å². The largest absolute Gasteiger partial charge is 0.321 e. The van der Waals surface area contributed by atoms with Gasteiger partial charge in [-0.3, -0.25) is 4.79 Å². The number of hydrogen-bond acceptors (Lipinski definition) is 2. The average molecular weight is 442 g/mol. The second kappa shape index (κ2) is 8.03. The van der Waals surface area contributed by atoms with E-state index in [1.54, 1.807) is 30.3 Å². The van der Waals surface area contributed by atoms with Crippen molar-refractivity contribution in [2.24, 2.45) is 0 Å². The highest BCUT2D eigenvalue weighted by molar-refractivity contribution is 6.37. The number of benzene rings is 3. The third-order valence-corrected chi connectivity index (χ3v) is 5.46. The van der Waals surface area contributed by atoms with Crippen LogP contribution in [0.5, 0.6) is 0 Å². The van der Waals surface area contributed by atoms with Crippen LogP contribution in [0.1, 0.15) is 15.9 Å². The molecule has 0 unspecified atom stereocenters. The van der Waals surface area contributed by atoms with E-state index in [1.807, 2.05) is 43.3 Å². The summed E-state index contributed by atoms with van der Waals surface area (Å²) in [5.41, 5.74) is 4.16. The van der Waals surface area contributed by atoms with E-state index in [1.165, 1.54) is 0 Å². The Bertz CT molecular complexity index is 1240. The van der Waals surface area contributed by atoms with E-state index in [4.69, 9.17) is 39.8 Å². The third kappa shape index (κ3) is 3.95. The molecule has 4 aromatic rings. The number of rotatable bonds is 3. The number of halogens is 3.